The second kappa shape index (κ2) is 9.42. The number of hydrogen-bond acceptors (Lipinski definition) is 3. The molecular formula is C17H27ClO3. The molecule has 1 N–H and O–H groups in total. The van der Waals surface area contributed by atoms with Crippen LogP contribution >= 0.6 is 11.6 Å². The van der Waals surface area contributed by atoms with E-state index >= 15 is 0 Å². The Bertz CT molecular complexity index is 397. The molecule has 1 aromatic rings. The van der Waals surface area contributed by atoms with Crippen molar-refractivity contribution < 1.29 is 14.6 Å². The third kappa shape index (κ3) is 5.59. The Hall–Kier alpha value is -0.610. The van der Waals surface area contributed by atoms with Crippen molar-refractivity contribution in [3.8, 4) is 0 Å². The molecule has 21 heavy (non-hydrogen) atoms. The number of hydrogen-bond donors (Lipinski definition) is 1. The summed E-state index contributed by atoms with van der Waals surface area (Å²) >= 11 is 6.18. The highest BCUT2D eigenvalue weighted by Crippen LogP contribution is 2.26. The first-order chi connectivity index (χ1) is 10.1. The van der Waals surface area contributed by atoms with Crippen molar-refractivity contribution in [1.82, 2.24) is 0 Å². The summed E-state index contributed by atoms with van der Waals surface area (Å²) in [5, 5.41) is 10.0. The molecule has 0 spiro atoms. The lowest BCUT2D eigenvalue weighted by atomic mass is 10.0. The Balaban J connectivity index is 2.67. The highest BCUT2D eigenvalue weighted by Gasteiger charge is 2.30. The summed E-state index contributed by atoms with van der Waals surface area (Å²) in [5.41, 5.74) is 1.11. The number of aliphatic hydroxyl groups excluding tert-OH is 1. The summed E-state index contributed by atoms with van der Waals surface area (Å²) in [4.78, 5) is 0. The minimum absolute atomic E-state index is 0.0360. The van der Waals surface area contributed by atoms with Gasteiger partial charge in [0.15, 0.2) is 5.79 Å². The minimum Gasteiger partial charge on any atom is -0.396 e. The van der Waals surface area contributed by atoms with E-state index in [9.17, 15) is 5.11 Å². The van der Waals surface area contributed by atoms with Crippen LogP contribution in [-0.2, 0) is 15.9 Å². The molecule has 1 aromatic carbocycles. The van der Waals surface area contributed by atoms with E-state index in [-0.39, 0.29) is 12.7 Å². The highest BCUT2D eigenvalue weighted by atomic mass is 35.5. The van der Waals surface area contributed by atoms with E-state index in [0.717, 1.165) is 36.3 Å². The molecule has 0 unspecified atom stereocenters. The van der Waals surface area contributed by atoms with Gasteiger partial charge in [0, 0.05) is 18.7 Å². The van der Waals surface area contributed by atoms with Gasteiger partial charge in [0.2, 0.25) is 0 Å². The SMILES string of the molecule is CCC(CC)(OC)O[C@H](CCO)CCc1ccccc1Cl. The van der Waals surface area contributed by atoms with Gasteiger partial charge in [-0.2, -0.15) is 0 Å². The zero-order chi connectivity index (χ0) is 15.7. The van der Waals surface area contributed by atoms with Crippen molar-refractivity contribution in [1.29, 1.82) is 0 Å². The van der Waals surface area contributed by atoms with Crippen LogP contribution < -0.4 is 0 Å². The predicted octanol–water partition coefficient (Wildman–Crippen LogP) is 4.20. The molecule has 0 aromatic heterocycles. The first-order valence-electron chi connectivity index (χ1n) is 7.68. The molecule has 0 saturated carbocycles. The van der Waals surface area contributed by atoms with Gasteiger partial charge in [-0.25, -0.2) is 0 Å². The summed E-state index contributed by atoms with van der Waals surface area (Å²) in [5.74, 6) is -0.555. The van der Waals surface area contributed by atoms with Crippen molar-refractivity contribution in [2.24, 2.45) is 0 Å². The summed E-state index contributed by atoms with van der Waals surface area (Å²) < 4.78 is 11.7. The average molecular weight is 315 g/mol. The van der Waals surface area contributed by atoms with Crippen molar-refractivity contribution in [2.75, 3.05) is 13.7 Å². The van der Waals surface area contributed by atoms with E-state index in [1.165, 1.54) is 0 Å². The van der Waals surface area contributed by atoms with Crippen LogP contribution in [0, 0.1) is 0 Å². The first kappa shape index (κ1) is 18.4. The topological polar surface area (TPSA) is 38.7 Å². The summed E-state index contributed by atoms with van der Waals surface area (Å²) in [6.45, 7) is 4.22. The molecule has 0 aliphatic rings. The quantitative estimate of drug-likeness (QED) is 0.658. The van der Waals surface area contributed by atoms with Gasteiger partial charge >= 0.3 is 0 Å². The lowest BCUT2D eigenvalue weighted by molar-refractivity contribution is -0.252. The standard InChI is InChI=1S/C17H27ClO3/c1-4-17(5-2,20-3)21-15(12-13-19)11-10-14-8-6-7-9-16(14)18/h6-9,15,19H,4-5,10-13H2,1-3H3/t15-/m0/s1. The van der Waals surface area contributed by atoms with Gasteiger partial charge in [-0.05, 0) is 43.7 Å². The number of aryl methyl sites for hydroxylation is 1. The van der Waals surface area contributed by atoms with Crippen molar-refractivity contribution in [3.63, 3.8) is 0 Å². The molecule has 1 rings (SSSR count). The molecule has 0 aliphatic heterocycles. The Morgan fingerprint density at radius 1 is 1.19 bits per heavy atom. The zero-order valence-electron chi connectivity index (χ0n) is 13.3. The molecule has 0 bridgehead atoms. The zero-order valence-corrected chi connectivity index (χ0v) is 14.0. The van der Waals surface area contributed by atoms with E-state index < -0.39 is 5.79 Å². The summed E-state index contributed by atoms with van der Waals surface area (Å²) in [6, 6.07) is 7.84. The van der Waals surface area contributed by atoms with Crippen molar-refractivity contribution in [2.45, 2.75) is 57.8 Å². The normalized spacial score (nSPS) is 13.4. The molecule has 4 heteroatoms. The fourth-order valence-corrected chi connectivity index (χ4v) is 2.71. The number of rotatable bonds is 10. The number of benzene rings is 1. The van der Waals surface area contributed by atoms with E-state index in [4.69, 9.17) is 21.1 Å². The van der Waals surface area contributed by atoms with Crippen LogP contribution in [0.2, 0.25) is 5.02 Å². The Labute approximate surface area is 133 Å². The van der Waals surface area contributed by atoms with Gasteiger partial charge in [0.05, 0.1) is 6.10 Å². The van der Waals surface area contributed by atoms with Crippen molar-refractivity contribution in [3.05, 3.63) is 34.9 Å². The monoisotopic (exact) mass is 314 g/mol. The van der Waals surface area contributed by atoms with Gasteiger partial charge in [0.25, 0.3) is 0 Å². The lowest BCUT2D eigenvalue weighted by Crippen LogP contribution is -2.38. The van der Waals surface area contributed by atoms with Crippen LogP contribution in [0.5, 0.6) is 0 Å². The lowest BCUT2D eigenvalue weighted by Gasteiger charge is -2.34. The van der Waals surface area contributed by atoms with Crippen molar-refractivity contribution >= 4 is 11.6 Å². The van der Waals surface area contributed by atoms with E-state index in [1.54, 1.807) is 7.11 Å². The van der Waals surface area contributed by atoms with Gasteiger partial charge in [-0.1, -0.05) is 43.6 Å². The minimum atomic E-state index is -0.555. The van der Waals surface area contributed by atoms with Crippen LogP contribution in [0.1, 0.15) is 45.1 Å². The maximum absolute atomic E-state index is 9.26. The molecule has 3 nitrogen and oxygen atoms in total. The average Bonchev–Trinajstić information content (AvgIpc) is 2.52. The third-order valence-electron chi connectivity index (χ3n) is 3.98. The molecule has 0 heterocycles. The predicted molar refractivity (Wildman–Crippen MR) is 86.7 cm³/mol. The van der Waals surface area contributed by atoms with Crippen LogP contribution in [0.4, 0.5) is 0 Å². The van der Waals surface area contributed by atoms with E-state index in [0.29, 0.717) is 6.42 Å². The molecule has 0 amide bonds. The van der Waals surface area contributed by atoms with Crippen LogP contribution in [0.3, 0.4) is 0 Å². The highest BCUT2D eigenvalue weighted by molar-refractivity contribution is 6.31. The number of methoxy groups -OCH3 is 1. The summed E-state index contributed by atoms with van der Waals surface area (Å²) in [6.07, 6.45) is 3.79. The molecule has 120 valence electrons. The maximum Gasteiger partial charge on any atom is 0.167 e. The van der Waals surface area contributed by atoms with E-state index in [2.05, 4.69) is 13.8 Å². The fourth-order valence-electron chi connectivity index (χ4n) is 2.48. The second-order valence-corrected chi connectivity index (χ2v) is 5.61. The third-order valence-corrected chi connectivity index (χ3v) is 4.34. The number of aliphatic hydroxyl groups is 1. The first-order valence-corrected chi connectivity index (χ1v) is 8.05. The second-order valence-electron chi connectivity index (χ2n) is 5.20. The van der Waals surface area contributed by atoms with Gasteiger partial charge in [-0.3, -0.25) is 0 Å². The molecule has 0 aliphatic carbocycles. The molecule has 1 atom stereocenters. The van der Waals surface area contributed by atoms with Crippen LogP contribution in [0.15, 0.2) is 24.3 Å². The van der Waals surface area contributed by atoms with Gasteiger partial charge in [-0.15, -0.1) is 0 Å². The molecular weight excluding hydrogens is 288 g/mol. The van der Waals surface area contributed by atoms with Crippen LogP contribution in [0.25, 0.3) is 0 Å². The maximum atomic E-state index is 9.26. The van der Waals surface area contributed by atoms with E-state index in [1.807, 2.05) is 24.3 Å². The molecule has 0 fully saturated rings. The largest absolute Gasteiger partial charge is 0.396 e. The van der Waals surface area contributed by atoms with Crippen LogP contribution in [-0.4, -0.2) is 30.7 Å². The fraction of sp³-hybridized carbons (Fsp3) is 0.647. The van der Waals surface area contributed by atoms with Gasteiger partial charge in [0.1, 0.15) is 0 Å². The Morgan fingerprint density at radius 2 is 1.86 bits per heavy atom. The number of halogens is 1. The number of ether oxygens (including phenoxy) is 2. The smallest absolute Gasteiger partial charge is 0.167 e. The Kier molecular flexibility index (Phi) is 8.27. The molecule has 0 saturated heterocycles. The molecule has 0 radical (unpaired) electrons. The summed E-state index contributed by atoms with van der Waals surface area (Å²) in [7, 11) is 1.68. The van der Waals surface area contributed by atoms with Gasteiger partial charge < -0.3 is 14.6 Å². The Morgan fingerprint density at radius 3 is 2.38 bits per heavy atom.